The lowest BCUT2D eigenvalue weighted by Crippen LogP contribution is -2.34. The molecule has 0 radical (unpaired) electrons. The van der Waals surface area contributed by atoms with Crippen LogP contribution in [0.1, 0.15) is 38.7 Å². The maximum Gasteiger partial charge on any atom is 0.242 e. The van der Waals surface area contributed by atoms with Crippen molar-refractivity contribution in [1.29, 1.82) is 5.26 Å². The minimum absolute atomic E-state index is 0.0215. The Labute approximate surface area is 125 Å². The van der Waals surface area contributed by atoms with Crippen LogP contribution < -0.4 is 5.32 Å². The molecule has 114 valence electrons. The van der Waals surface area contributed by atoms with E-state index in [0.29, 0.717) is 17.7 Å². The van der Waals surface area contributed by atoms with E-state index in [0.717, 1.165) is 12.8 Å². The number of nitriles is 1. The number of anilines is 1. The van der Waals surface area contributed by atoms with Crippen LogP contribution in [0.15, 0.2) is 24.3 Å². The standard InChI is InChI=1S/C15H20N2O3S/c1-3-4-5-9-21(19,20)12(2)15(18)17-14-8-6-7-13(10-14)11-16/h6-8,10,12H,3-5,9H2,1-2H3,(H,17,18). The Bertz CT molecular complexity index is 633. The quantitative estimate of drug-likeness (QED) is 0.784. The molecule has 0 aromatic heterocycles. The zero-order valence-corrected chi connectivity index (χ0v) is 13.1. The van der Waals surface area contributed by atoms with Crippen LogP contribution in [0.5, 0.6) is 0 Å². The summed E-state index contributed by atoms with van der Waals surface area (Å²) in [6.07, 6.45) is 2.33. The molecule has 1 atom stereocenters. The summed E-state index contributed by atoms with van der Waals surface area (Å²) in [6.45, 7) is 3.38. The highest BCUT2D eigenvalue weighted by molar-refractivity contribution is 7.92. The second-order valence-electron chi connectivity index (χ2n) is 4.90. The zero-order chi connectivity index (χ0) is 15.9. The van der Waals surface area contributed by atoms with E-state index >= 15 is 0 Å². The molecule has 1 N–H and O–H groups in total. The van der Waals surface area contributed by atoms with E-state index in [2.05, 4.69) is 5.32 Å². The third-order valence-electron chi connectivity index (χ3n) is 3.20. The minimum Gasteiger partial charge on any atom is -0.325 e. The highest BCUT2D eigenvalue weighted by atomic mass is 32.2. The number of nitrogens with one attached hydrogen (secondary N) is 1. The molecule has 1 rings (SSSR count). The van der Waals surface area contributed by atoms with E-state index < -0.39 is 21.0 Å². The van der Waals surface area contributed by atoms with Crippen molar-refractivity contribution < 1.29 is 13.2 Å². The molecule has 5 nitrogen and oxygen atoms in total. The molecule has 1 aromatic carbocycles. The lowest BCUT2D eigenvalue weighted by Gasteiger charge is -2.13. The number of sulfone groups is 1. The number of benzene rings is 1. The van der Waals surface area contributed by atoms with Crippen LogP contribution in [0.25, 0.3) is 0 Å². The molecule has 21 heavy (non-hydrogen) atoms. The fourth-order valence-electron chi connectivity index (χ4n) is 1.80. The molecule has 1 amide bonds. The Balaban J connectivity index is 2.72. The fraction of sp³-hybridized carbons (Fsp3) is 0.467. The highest BCUT2D eigenvalue weighted by Gasteiger charge is 2.27. The molecule has 0 bridgehead atoms. The van der Waals surface area contributed by atoms with E-state index in [9.17, 15) is 13.2 Å². The average molecular weight is 308 g/mol. The van der Waals surface area contributed by atoms with Gasteiger partial charge < -0.3 is 5.32 Å². The van der Waals surface area contributed by atoms with Gasteiger partial charge in [-0.1, -0.05) is 25.8 Å². The van der Waals surface area contributed by atoms with Gasteiger partial charge in [-0.05, 0) is 31.5 Å². The zero-order valence-electron chi connectivity index (χ0n) is 12.3. The Morgan fingerprint density at radius 2 is 2.10 bits per heavy atom. The number of amides is 1. The largest absolute Gasteiger partial charge is 0.325 e. The van der Waals surface area contributed by atoms with Crippen LogP contribution in [-0.4, -0.2) is 25.3 Å². The van der Waals surface area contributed by atoms with E-state index in [1.807, 2.05) is 13.0 Å². The van der Waals surface area contributed by atoms with Crippen molar-refractivity contribution in [2.45, 2.75) is 38.4 Å². The predicted octanol–water partition coefficient (Wildman–Crippen LogP) is 2.49. The van der Waals surface area contributed by atoms with Crippen LogP contribution in [0, 0.1) is 11.3 Å². The van der Waals surface area contributed by atoms with Gasteiger partial charge in [-0.2, -0.15) is 5.26 Å². The number of unbranched alkanes of at least 4 members (excludes halogenated alkanes) is 2. The molecular weight excluding hydrogens is 288 g/mol. The highest BCUT2D eigenvalue weighted by Crippen LogP contribution is 2.13. The maximum atomic E-state index is 12.0. The molecule has 6 heteroatoms. The summed E-state index contributed by atoms with van der Waals surface area (Å²) in [5.74, 6) is -0.546. The van der Waals surface area contributed by atoms with Crippen molar-refractivity contribution in [3.8, 4) is 6.07 Å². The first kappa shape index (κ1) is 17.2. The number of carbonyl (C=O) groups is 1. The van der Waals surface area contributed by atoms with Gasteiger partial charge in [-0.15, -0.1) is 0 Å². The first-order valence-corrected chi connectivity index (χ1v) is 8.65. The van der Waals surface area contributed by atoms with Crippen molar-refractivity contribution in [1.82, 2.24) is 0 Å². The third kappa shape index (κ3) is 5.20. The Kier molecular flexibility index (Phi) is 6.38. The molecule has 0 saturated carbocycles. The molecule has 0 aliphatic heterocycles. The van der Waals surface area contributed by atoms with Crippen molar-refractivity contribution >= 4 is 21.4 Å². The normalized spacial score (nSPS) is 12.4. The van der Waals surface area contributed by atoms with E-state index in [4.69, 9.17) is 5.26 Å². The Morgan fingerprint density at radius 3 is 2.71 bits per heavy atom. The van der Waals surface area contributed by atoms with Crippen molar-refractivity contribution in [3.63, 3.8) is 0 Å². The van der Waals surface area contributed by atoms with Crippen LogP contribution in [0.2, 0.25) is 0 Å². The summed E-state index contributed by atoms with van der Waals surface area (Å²) in [5.41, 5.74) is 0.834. The second-order valence-corrected chi connectivity index (χ2v) is 7.34. The Morgan fingerprint density at radius 1 is 1.38 bits per heavy atom. The second kappa shape index (κ2) is 7.79. The van der Waals surface area contributed by atoms with Gasteiger partial charge >= 0.3 is 0 Å². The molecule has 0 spiro atoms. The molecular formula is C15H20N2O3S. The lowest BCUT2D eigenvalue weighted by atomic mass is 10.2. The minimum atomic E-state index is -3.44. The summed E-state index contributed by atoms with van der Waals surface area (Å²) in [4.78, 5) is 12.0. The number of hydrogen-bond acceptors (Lipinski definition) is 4. The summed E-state index contributed by atoms with van der Waals surface area (Å²) in [7, 11) is -3.44. The van der Waals surface area contributed by atoms with E-state index in [-0.39, 0.29) is 5.75 Å². The van der Waals surface area contributed by atoms with E-state index in [1.54, 1.807) is 18.2 Å². The summed E-state index contributed by atoms with van der Waals surface area (Å²) in [5, 5.41) is 10.2. The topological polar surface area (TPSA) is 87.0 Å². The molecule has 0 aliphatic rings. The first-order chi connectivity index (χ1) is 9.90. The van der Waals surface area contributed by atoms with Crippen molar-refractivity contribution in [2.24, 2.45) is 0 Å². The van der Waals surface area contributed by atoms with Crippen LogP contribution >= 0.6 is 0 Å². The SMILES string of the molecule is CCCCCS(=O)(=O)C(C)C(=O)Nc1cccc(C#N)c1. The van der Waals surface area contributed by atoms with Gasteiger partial charge in [0.15, 0.2) is 9.84 Å². The molecule has 0 saturated heterocycles. The molecule has 0 aliphatic carbocycles. The van der Waals surface area contributed by atoms with Crippen LogP contribution in [0.3, 0.4) is 0 Å². The van der Waals surface area contributed by atoms with Gasteiger partial charge in [0.05, 0.1) is 17.4 Å². The van der Waals surface area contributed by atoms with Gasteiger partial charge in [0, 0.05) is 5.69 Å². The predicted molar refractivity (Wildman–Crippen MR) is 82.6 cm³/mol. The van der Waals surface area contributed by atoms with Gasteiger partial charge in [0.25, 0.3) is 0 Å². The van der Waals surface area contributed by atoms with Crippen molar-refractivity contribution in [2.75, 3.05) is 11.1 Å². The summed E-state index contributed by atoms with van der Waals surface area (Å²) >= 11 is 0. The molecule has 0 heterocycles. The van der Waals surface area contributed by atoms with Gasteiger partial charge in [-0.25, -0.2) is 8.42 Å². The van der Waals surface area contributed by atoms with Gasteiger partial charge in [0.2, 0.25) is 5.91 Å². The smallest absolute Gasteiger partial charge is 0.242 e. The fourth-order valence-corrected chi connectivity index (χ4v) is 3.15. The first-order valence-electron chi connectivity index (χ1n) is 6.93. The molecule has 1 unspecified atom stereocenters. The summed E-state index contributed by atoms with van der Waals surface area (Å²) in [6, 6.07) is 8.34. The monoisotopic (exact) mass is 308 g/mol. The van der Waals surface area contributed by atoms with Crippen LogP contribution in [-0.2, 0) is 14.6 Å². The molecule has 0 fully saturated rings. The lowest BCUT2D eigenvalue weighted by molar-refractivity contribution is -0.115. The number of carbonyl (C=O) groups excluding carboxylic acids is 1. The van der Waals surface area contributed by atoms with Crippen LogP contribution in [0.4, 0.5) is 5.69 Å². The Hall–Kier alpha value is -1.87. The average Bonchev–Trinajstić information content (AvgIpc) is 2.46. The van der Waals surface area contributed by atoms with Gasteiger partial charge in [-0.3, -0.25) is 4.79 Å². The number of rotatable bonds is 7. The third-order valence-corrected chi connectivity index (χ3v) is 5.35. The van der Waals surface area contributed by atoms with Gasteiger partial charge in [0.1, 0.15) is 5.25 Å². The molecule has 1 aromatic rings. The van der Waals surface area contributed by atoms with Crippen molar-refractivity contribution in [3.05, 3.63) is 29.8 Å². The van der Waals surface area contributed by atoms with E-state index in [1.165, 1.54) is 13.0 Å². The number of nitrogens with zero attached hydrogens (tertiary/aromatic N) is 1. The maximum absolute atomic E-state index is 12.0. The number of hydrogen-bond donors (Lipinski definition) is 1. The summed E-state index contributed by atoms with van der Waals surface area (Å²) < 4.78 is 24.1.